The predicted octanol–water partition coefficient (Wildman–Crippen LogP) is 2.09. The van der Waals surface area contributed by atoms with Crippen molar-refractivity contribution < 1.29 is 0 Å². The molecule has 0 saturated carbocycles. The first-order valence-corrected chi connectivity index (χ1v) is 5.67. The summed E-state index contributed by atoms with van der Waals surface area (Å²) in [5.41, 5.74) is 9.41. The van der Waals surface area contributed by atoms with Gasteiger partial charge in [0.25, 0.3) is 0 Å². The highest BCUT2D eigenvalue weighted by Crippen LogP contribution is 2.15. The Bertz CT molecular complexity index is 425. The van der Waals surface area contributed by atoms with Crippen LogP contribution in [0.4, 0.5) is 0 Å². The lowest BCUT2D eigenvalue weighted by Gasteiger charge is -2.08. The summed E-state index contributed by atoms with van der Waals surface area (Å²) in [6, 6.07) is 8.33. The van der Waals surface area contributed by atoms with Crippen LogP contribution in [0.15, 0.2) is 29.6 Å². The molecule has 0 fully saturated rings. The van der Waals surface area contributed by atoms with Crippen LogP contribution in [-0.4, -0.2) is 9.59 Å². The first-order chi connectivity index (χ1) is 7.25. The lowest BCUT2D eigenvalue weighted by Crippen LogP contribution is -2.13. The summed E-state index contributed by atoms with van der Waals surface area (Å²) in [7, 11) is 0. The Hall–Kier alpha value is -1.26. The first kappa shape index (κ1) is 10.3. The van der Waals surface area contributed by atoms with E-state index in [1.54, 1.807) is 0 Å². The van der Waals surface area contributed by atoms with Crippen LogP contribution < -0.4 is 5.73 Å². The zero-order chi connectivity index (χ0) is 10.7. The monoisotopic (exact) mass is 219 g/mol. The summed E-state index contributed by atoms with van der Waals surface area (Å²) in [6.45, 7) is 2.08. The molecule has 0 aliphatic heterocycles. The largest absolute Gasteiger partial charge is 0.322 e. The van der Waals surface area contributed by atoms with Gasteiger partial charge in [-0.2, -0.15) is 0 Å². The van der Waals surface area contributed by atoms with Crippen molar-refractivity contribution in [2.75, 3.05) is 0 Å². The van der Waals surface area contributed by atoms with Gasteiger partial charge in [-0.05, 0) is 30.4 Å². The second-order valence-corrected chi connectivity index (χ2v) is 4.24. The fraction of sp³-hybridized carbons (Fsp3) is 0.273. The van der Waals surface area contributed by atoms with Crippen molar-refractivity contribution in [2.45, 2.75) is 19.4 Å². The van der Waals surface area contributed by atoms with Crippen LogP contribution in [-0.2, 0) is 6.42 Å². The first-order valence-electron chi connectivity index (χ1n) is 4.84. The Labute approximate surface area is 93.1 Å². The number of aryl methyl sites for hydroxylation is 1. The molecule has 0 bridgehead atoms. The quantitative estimate of drug-likeness (QED) is 0.860. The third-order valence-corrected chi connectivity index (χ3v) is 2.82. The van der Waals surface area contributed by atoms with Crippen molar-refractivity contribution in [1.82, 2.24) is 9.59 Å². The Balaban J connectivity index is 2.09. The molecule has 1 unspecified atom stereocenters. The number of nitrogens with zero attached hydrogens (tertiary/aromatic N) is 2. The molecule has 0 amide bonds. The molecule has 2 rings (SSSR count). The number of nitrogens with two attached hydrogens (primary N) is 1. The van der Waals surface area contributed by atoms with Crippen LogP contribution in [0, 0.1) is 6.92 Å². The SMILES string of the molecule is Cc1cccc(CC(N)c2csnn2)c1. The molecule has 4 heteroatoms. The molecule has 1 atom stereocenters. The Morgan fingerprint density at radius 1 is 1.47 bits per heavy atom. The molecule has 0 spiro atoms. The number of rotatable bonds is 3. The van der Waals surface area contributed by atoms with Crippen LogP contribution in [0.5, 0.6) is 0 Å². The molecule has 3 nitrogen and oxygen atoms in total. The molecule has 78 valence electrons. The molecule has 1 aromatic carbocycles. The fourth-order valence-corrected chi connectivity index (χ4v) is 2.05. The third kappa shape index (κ3) is 2.61. The van der Waals surface area contributed by atoms with Gasteiger partial charge in [0.2, 0.25) is 0 Å². The Morgan fingerprint density at radius 2 is 2.33 bits per heavy atom. The van der Waals surface area contributed by atoms with Gasteiger partial charge in [0.1, 0.15) is 0 Å². The van der Waals surface area contributed by atoms with Crippen LogP contribution in [0.1, 0.15) is 22.9 Å². The highest BCUT2D eigenvalue weighted by atomic mass is 32.1. The summed E-state index contributed by atoms with van der Waals surface area (Å²) in [4.78, 5) is 0. The van der Waals surface area contributed by atoms with E-state index >= 15 is 0 Å². The summed E-state index contributed by atoms with van der Waals surface area (Å²) < 4.78 is 3.81. The molecule has 0 radical (unpaired) electrons. The van der Waals surface area contributed by atoms with Gasteiger partial charge in [-0.3, -0.25) is 0 Å². The van der Waals surface area contributed by atoms with E-state index in [9.17, 15) is 0 Å². The van der Waals surface area contributed by atoms with E-state index < -0.39 is 0 Å². The standard InChI is InChI=1S/C11H13N3S/c1-8-3-2-4-9(5-8)6-10(12)11-7-15-14-13-11/h2-5,7,10H,6,12H2,1H3. The van der Waals surface area contributed by atoms with E-state index in [-0.39, 0.29) is 6.04 Å². The van der Waals surface area contributed by atoms with Gasteiger partial charge >= 0.3 is 0 Å². The number of benzene rings is 1. The minimum atomic E-state index is -0.0504. The van der Waals surface area contributed by atoms with Crippen molar-refractivity contribution in [3.05, 3.63) is 46.5 Å². The zero-order valence-corrected chi connectivity index (χ0v) is 9.37. The summed E-state index contributed by atoms with van der Waals surface area (Å²) in [6.07, 6.45) is 0.813. The van der Waals surface area contributed by atoms with Crippen molar-refractivity contribution >= 4 is 11.5 Å². The van der Waals surface area contributed by atoms with Crippen molar-refractivity contribution in [3.8, 4) is 0 Å². The lowest BCUT2D eigenvalue weighted by molar-refractivity contribution is 0.692. The molecule has 15 heavy (non-hydrogen) atoms. The Kier molecular flexibility index (Phi) is 3.08. The minimum Gasteiger partial charge on any atom is -0.322 e. The van der Waals surface area contributed by atoms with Gasteiger partial charge < -0.3 is 5.73 Å². The van der Waals surface area contributed by atoms with Gasteiger partial charge in [-0.15, -0.1) is 5.10 Å². The molecule has 0 aliphatic carbocycles. The molecule has 1 heterocycles. The van der Waals surface area contributed by atoms with E-state index in [0.717, 1.165) is 12.1 Å². The minimum absolute atomic E-state index is 0.0504. The molecule has 2 aromatic rings. The number of hydrogen-bond acceptors (Lipinski definition) is 4. The average molecular weight is 219 g/mol. The topological polar surface area (TPSA) is 51.8 Å². The molecular weight excluding hydrogens is 206 g/mol. The highest BCUT2D eigenvalue weighted by Gasteiger charge is 2.09. The average Bonchev–Trinajstić information content (AvgIpc) is 2.70. The van der Waals surface area contributed by atoms with Crippen molar-refractivity contribution in [2.24, 2.45) is 5.73 Å². The Morgan fingerprint density at radius 3 is 3.00 bits per heavy atom. The van der Waals surface area contributed by atoms with E-state index in [1.165, 1.54) is 22.7 Å². The molecule has 0 saturated heterocycles. The number of hydrogen-bond donors (Lipinski definition) is 1. The van der Waals surface area contributed by atoms with Gasteiger partial charge in [-0.1, -0.05) is 34.3 Å². The molecule has 1 aromatic heterocycles. The summed E-state index contributed by atoms with van der Waals surface area (Å²) in [5, 5.41) is 5.88. The molecular formula is C11H13N3S. The predicted molar refractivity (Wildman–Crippen MR) is 61.7 cm³/mol. The van der Waals surface area contributed by atoms with E-state index in [0.29, 0.717) is 0 Å². The van der Waals surface area contributed by atoms with E-state index in [4.69, 9.17) is 5.73 Å². The van der Waals surface area contributed by atoms with Crippen LogP contribution in [0.2, 0.25) is 0 Å². The summed E-state index contributed by atoms with van der Waals surface area (Å²) >= 11 is 1.34. The van der Waals surface area contributed by atoms with Crippen LogP contribution in [0.3, 0.4) is 0 Å². The fourth-order valence-electron chi connectivity index (χ4n) is 1.53. The summed E-state index contributed by atoms with van der Waals surface area (Å²) in [5.74, 6) is 0. The van der Waals surface area contributed by atoms with E-state index in [2.05, 4.69) is 40.8 Å². The van der Waals surface area contributed by atoms with E-state index in [1.807, 2.05) is 5.38 Å². The van der Waals surface area contributed by atoms with Crippen LogP contribution >= 0.6 is 11.5 Å². The second-order valence-electron chi connectivity index (χ2n) is 3.63. The van der Waals surface area contributed by atoms with Gasteiger partial charge in [-0.25, -0.2) is 0 Å². The van der Waals surface area contributed by atoms with Gasteiger partial charge in [0, 0.05) is 5.38 Å². The maximum Gasteiger partial charge on any atom is 0.0925 e. The highest BCUT2D eigenvalue weighted by molar-refractivity contribution is 7.03. The maximum absolute atomic E-state index is 6.03. The van der Waals surface area contributed by atoms with Crippen molar-refractivity contribution in [1.29, 1.82) is 0 Å². The smallest absolute Gasteiger partial charge is 0.0925 e. The molecule has 0 aliphatic rings. The second kappa shape index (κ2) is 4.51. The number of aromatic nitrogens is 2. The van der Waals surface area contributed by atoms with Crippen LogP contribution in [0.25, 0.3) is 0 Å². The zero-order valence-electron chi connectivity index (χ0n) is 8.55. The van der Waals surface area contributed by atoms with Gasteiger partial charge in [0.15, 0.2) is 0 Å². The lowest BCUT2D eigenvalue weighted by atomic mass is 10.0. The third-order valence-electron chi connectivity index (χ3n) is 2.29. The van der Waals surface area contributed by atoms with Crippen molar-refractivity contribution in [3.63, 3.8) is 0 Å². The van der Waals surface area contributed by atoms with Gasteiger partial charge in [0.05, 0.1) is 11.7 Å². The maximum atomic E-state index is 6.03. The normalized spacial score (nSPS) is 12.7. The molecule has 2 N–H and O–H groups in total.